The van der Waals surface area contributed by atoms with Gasteiger partial charge in [0.05, 0.1) is 6.54 Å². The number of amides is 1. The summed E-state index contributed by atoms with van der Waals surface area (Å²) in [6.07, 6.45) is 2.24. The summed E-state index contributed by atoms with van der Waals surface area (Å²) in [5.41, 5.74) is 0. The lowest BCUT2D eigenvalue weighted by Gasteiger charge is -2.23. The molecular formula is C12H23NO4. The Bertz CT molecular complexity index is 211. The van der Waals surface area contributed by atoms with E-state index in [0.29, 0.717) is 26.4 Å². The molecule has 1 heterocycles. The Morgan fingerprint density at radius 3 is 2.59 bits per heavy atom. The van der Waals surface area contributed by atoms with Gasteiger partial charge in [-0.2, -0.15) is 0 Å². The van der Waals surface area contributed by atoms with Crippen molar-refractivity contribution in [1.29, 1.82) is 0 Å². The zero-order valence-corrected chi connectivity index (χ0v) is 10.7. The van der Waals surface area contributed by atoms with Crippen LogP contribution in [0, 0.1) is 0 Å². The van der Waals surface area contributed by atoms with Crippen molar-refractivity contribution in [1.82, 2.24) is 5.32 Å². The first-order chi connectivity index (χ1) is 8.27. The highest BCUT2D eigenvalue weighted by molar-refractivity contribution is 5.80. The average Bonchev–Trinajstić information content (AvgIpc) is 2.37. The van der Waals surface area contributed by atoms with Crippen LogP contribution in [-0.4, -0.2) is 44.7 Å². The van der Waals surface area contributed by atoms with Crippen LogP contribution < -0.4 is 5.32 Å². The number of rotatable bonds is 7. The summed E-state index contributed by atoms with van der Waals surface area (Å²) < 4.78 is 16.1. The van der Waals surface area contributed by atoms with Crippen molar-refractivity contribution in [3.8, 4) is 0 Å². The van der Waals surface area contributed by atoms with Crippen molar-refractivity contribution in [3.05, 3.63) is 0 Å². The van der Waals surface area contributed by atoms with Gasteiger partial charge < -0.3 is 19.5 Å². The second-order valence-corrected chi connectivity index (χ2v) is 3.94. The summed E-state index contributed by atoms with van der Waals surface area (Å²) in [7, 11) is 0. The third-order valence-electron chi connectivity index (χ3n) is 2.62. The summed E-state index contributed by atoms with van der Waals surface area (Å²) in [6.45, 7) is 6.00. The van der Waals surface area contributed by atoms with Crippen LogP contribution in [0.3, 0.4) is 0 Å². The number of carbonyl (C=O) groups excluding carboxylic acids is 1. The molecule has 1 N–H and O–H groups in total. The highest BCUT2D eigenvalue weighted by Gasteiger charge is 2.22. The lowest BCUT2D eigenvalue weighted by molar-refractivity contribution is -0.147. The molecule has 0 aromatic rings. The SMILES string of the molecule is CCOC(CNC(=O)C1CCCCO1)OCC. The fraction of sp³-hybridized carbons (Fsp3) is 0.917. The minimum Gasteiger partial charge on any atom is -0.368 e. The van der Waals surface area contributed by atoms with E-state index < -0.39 is 0 Å². The molecular weight excluding hydrogens is 222 g/mol. The fourth-order valence-corrected chi connectivity index (χ4v) is 1.78. The molecule has 1 rings (SSSR count). The number of hydrogen-bond donors (Lipinski definition) is 1. The van der Waals surface area contributed by atoms with Gasteiger partial charge in [0.2, 0.25) is 5.91 Å². The maximum atomic E-state index is 11.8. The molecule has 1 aliphatic heterocycles. The first-order valence-corrected chi connectivity index (χ1v) is 6.40. The van der Waals surface area contributed by atoms with Crippen LogP contribution in [-0.2, 0) is 19.0 Å². The van der Waals surface area contributed by atoms with E-state index in [1.165, 1.54) is 0 Å². The molecule has 1 fully saturated rings. The number of hydrogen-bond acceptors (Lipinski definition) is 4. The molecule has 1 aliphatic rings. The largest absolute Gasteiger partial charge is 0.368 e. The maximum absolute atomic E-state index is 11.8. The smallest absolute Gasteiger partial charge is 0.249 e. The molecule has 0 bridgehead atoms. The van der Waals surface area contributed by atoms with Gasteiger partial charge in [0.25, 0.3) is 0 Å². The Morgan fingerprint density at radius 2 is 2.06 bits per heavy atom. The van der Waals surface area contributed by atoms with E-state index in [2.05, 4.69) is 5.32 Å². The highest BCUT2D eigenvalue weighted by atomic mass is 16.7. The van der Waals surface area contributed by atoms with Gasteiger partial charge in [-0.05, 0) is 33.1 Å². The van der Waals surface area contributed by atoms with Gasteiger partial charge in [0.15, 0.2) is 6.29 Å². The Hall–Kier alpha value is -0.650. The third kappa shape index (κ3) is 5.48. The number of ether oxygens (including phenoxy) is 3. The summed E-state index contributed by atoms with van der Waals surface area (Å²) in [5, 5.41) is 2.81. The van der Waals surface area contributed by atoms with Crippen LogP contribution >= 0.6 is 0 Å². The summed E-state index contributed by atoms with van der Waals surface area (Å²) in [4.78, 5) is 11.8. The van der Waals surface area contributed by atoms with Gasteiger partial charge >= 0.3 is 0 Å². The maximum Gasteiger partial charge on any atom is 0.249 e. The third-order valence-corrected chi connectivity index (χ3v) is 2.62. The highest BCUT2D eigenvalue weighted by Crippen LogP contribution is 2.12. The first kappa shape index (κ1) is 14.4. The van der Waals surface area contributed by atoms with Crippen molar-refractivity contribution in [2.24, 2.45) is 0 Å². The van der Waals surface area contributed by atoms with E-state index in [-0.39, 0.29) is 18.3 Å². The molecule has 0 saturated carbocycles. The van der Waals surface area contributed by atoms with Crippen LogP contribution in [0.25, 0.3) is 0 Å². The summed E-state index contributed by atoms with van der Waals surface area (Å²) in [5.74, 6) is -0.0610. The molecule has 17 heavy (non-hydrogen) atoms. The normalized spacial score (nSPS) is 20.5. The van der Waals surface area contributed by atoms with Gasteiger partial charge in [-0.15, -0.1) is 0 Å². The number of nitrogens with one attached hydrogen (secondary N) is 1. The van der Waals surface area contributed by atoms with Crippen LogP contribution in [0.1, 0.15) is 33.1 Å². The van der Waals surface area contributed by atoms with Crippen molar-refractivity contribution >= 4 is 5.91 Å². The predicted molar refractivity (Wildman–Crippen MR) is 63.6 cm³/mol. The fourth-order valence-electron chi connectivity index (χ4n) is 1.78. The van der Waals surface area contributed by atoms with Crippen LogP contribution in [0.5, 0.6) is 0 Å². The molecule has 5 nitrogen and oxygen atoms in total. The van der Waals surface area contributed by atoms with E-state index in [9.17, 15) is 4.79 Å². The molecule has 1 unspecified atom stereocenters. The van der Waals surface area contributed by atoms with Crippen molar-refractivity contribution in [2.75, 3.05) is 26.4 Å². The van der Waals surface area contributed by atoms with Gasteiger partial charge in [0, 0.05) is 19.8 Å². The predicted octanol–water partition coefficient (Wildman–Crippen LogP) is 1.07. The second kappa shape index (κ2) is 8.44. The van der Waals surface area contributed by atoms with Crippen LogP contribution in [0.2, 0.25) is 0 Å². The van der Waals surface area contributed by atoms with Crippen LogP contribution in [0.15, 0.2) is 0 Å². The summed E-state index contributed by atoms with van der Waals surface area (Å²) in [6, 6.07) is 0. The Morgan fingerprint density at radius 1 is 1.35 bits per heavy atom. The minimum absolute atomic E-state index is 0.0610. The Labute approximate surface area is 103 Å². The Kier molecular flexibility index (Phi) is 7.16. The van der Waals surface area contributed by atoms with Gasteiger partial charge in [0.1, 0.15) is 6.10 Å². The quantitative estimate of drug-likeness (QED) is 0.682. The van der Waals surface area contributed by atoms with Gasteiger partial charge in [-0.25, -0.2) is 0 Å². The van der Waals surface area contributed by atoms with Crippen molar-refractivity contribution in [2.45, 2.75) is 45.5 Å². The lowest BCUT2D eigenvalue weighted by Crippen LogP contribution is -2.42. The van der Waals surface area contributed by atoms with Crippen molar-refractivity contribution in [3.63, 3.8) is 0 Å². The van der Waals surface area contributed by atoms with Crippen molar-refractivity contribution < 1.29 is 19.0 Å². The van der Waals surface area contributed by atoms with E-state index in [1.54, 1.807) is 0 Å². The van der Waals surface area contributed by atoms with Gasteiger partial charge in [-0.3, -0.25) is 4.79 Å². The molecule has 0 aliphatic carbocycles. The zero-order valence-electron chi connectivity index (χ0n) is 10.7. The minimum atomic E-state index is -0.363. The van der Waals surface area contributed by atoms with E-state index >= 15 is 0 Å². The average molecular weight is 245 g/mol. The molecule has 1 saturated heterocycles. The van der Waals surface area contributed by atoms with E-state index in [0.717, 1.165) is 19.3 Å². The van der Waals surface area contributed by atoms with E-state index in [4.69, 9.17) is 14.2 Å². The van der Waals surface area contributed by atoms with E-state index in [1.807, 2.05) is 13.8 Å². The number of carbonyl (C=O) groups is 1. The molecule has 1 amide bonds. The lowest BCUT2D eigenvalue weighted by atomic mass is 10.1. The molecule has 0 aromatic heterocycles. The molecule has 0 radical (unpaired) electrons. The first-order valence-electron chi connectivity index (χ1n) is 6.40. The van der Waals surface area contributed by atoms with Gasteiger partial charge in [-0.1, -0.05) is 0 Å². The molecule has 0 aromatic carbocycles. The topological polar surface area (TPSA) is 56.8 Å². The molecule has 1 atom stereocenters. The summed E-state index contributed by atoms with van der Waals surface area (Å²) >= 11 is 0. The second-order valence-electron chi connectivity index (χ2n) is 3.94. The molecule has 0 spiro atoms. The van der Waals surface area contributed by atoms with Crippen LogP contribution in [0.4, 0.5) is 0 Å². The monoisotopic (exact) mass is 245 g/mol. The standard InChI is InChI=1S/C12H23NO4/c1-3-15-11(16-4-2)9-13-12(14)10-7-5-6-8-17-10/h10-11H,3-9H2,1-2H3,(H,13,14). The molecule has 5 heteroatoms. The molecule has 100 valence electrons. The Balaban J connectivity index is 2.24. The zero-order chi connectivity index (χ0) is 12.5.